The average Bonchev–Trinajstić information content (AvgIpc) is 3.75. The second kappa shape index (κ2) is 16.5. The topological polar surface area (TPSA) is 8.17 Å². The number of benzene rings is 12. The fraction of sp³-hybridized carbons (Fsp3) is 0. The minimum absolute atomic E-state index is 1.07. The monoisotopic (exact) mass is 864 g/mol. The second-order valence-electron chi connectivity index (χ2n) is 17.7. The van der Waals surface area contributed by atoms with Crippen LogP contribution in [0.3, 0.4) is 0 Å². The highest BCUT2D eigenvalue weighted by Crippen LogP contribution is 2.45. The third-order valence-corrected chi connectivity index (χ3v) is 13.8. The summed E-state index contributed by atoms with van der Waals surface area (Å²) in [4.78, 5) is 2.44. The van der Waals surface area contributed by atoms with Gasteiger partial charge in [0.1, 0.15) is 0 Å². The van der Waals surface area contributed by atoms with E-state index in [-0.39, 0.29) is 0 Å². The number of hydrogen-bond acceptors (Lipinski definition) is 1. The van der Waals surface area contributed by atoms with Crippen LogP contribution in [0.4, 0.5) is 17.1 Å². The number of para-hydroxylation sites is 2. The summed E-state index contributed by atoms with van der Waals surface area (Å²) in [5, 5.41) is 9.91. The van der Waals surface area contributed by atoms with Crippen molar-refractivity contribution in [3.8, 4) is 50.2 Å². The van der Waals surface area contributed by atoms with Crippen molar-refractivity contribution in [1.82, 2.24) is 4.57 Å². The zero-order valence-corrected chi connectivity index (χ0v) is 37.3. The zero-order valence-electron chi connectivity index (χ0n) is 37.3. The summed E-state index contributed by atoms with van der Waals surface area (Å²) in [6.07, 6.45) is 0. The predicted molar refractivity (Wildman–Crippen MR) is 290 cm³/mol. The van der Waals surface area contributed by atoms with Crippen molar-refractivity contribution in [1.29, 1.82) is 0 Å². The van der Waals surface area contributed by atoms with Crippen molar-refractivity contribution in [3.05, 3.63) is 267 Å². The van der Waals surface area contributed by atoms with Crippen LogP contribution in [0.5, 0.6) is 0 Å². The molecule has 0 amide bonds. The van der Waals surface area contributed by atoms with Gasteiger partial charge < -0.3 is 9.47 Å². The zero-order chi connectivity index (χ0) is 45.0. The lowest BCUT2D eigenvalue weighted by molar-refractivity contribution is 1.18. The van der Waals surface area contributed by atoms with E-state index in [4.69, 9.17) is 0 Å². The predicted octanol–water partition coefficient (Wildman–Crippen LogP) is 18.4. The highest BCUT2D eigenvalue weighted by molar-refractivity contribution is 6.09. The molecule has 0 spiro atoms. The standard InChI is InChI=1S/C66H44N2/c1-3-16-50-41-53(29-27-45(50)13-1)54-35-40-61(55-30-28-46-14-2-4-17-51(46)42-55)66(44-54)67(57-38-33-49(34-39-57)60-24-12-18-48-15-5-6-21-59(48)60)56-36-31-47(32-37-56)52-19-11-20-58(43-52)68-64-25-9-7-22-62(64)63-23-8-10-26-65(63)68/h1-44H. The van der Waals surface area contributed by atoms with Crippen LogP contribution in [0.15, 0.2) is 267 Å². The van der Waals surface area contributed by atoms with E-state index in [1.165, 1.54) is 76.4 Å². The normalized spacial score (nSPS) is 11.5. The van der Waals surface area contributed by atoms with Crippen molar-refractivity contribution < 1.29 is 0 Å². The minimum atomic E-state index is 1.07. The fourth-order valence-corrected chi connectivity index (χ4v) is 10.4. The Bertz CT molecular complexity index is 3970. The Morgan fingerprint density at radius 3 is 1.40 bits per heavy atom. The van der Waals surface area contributed by atoms with E-state index in [2.05, 4.69) is 276 Å². The number of hydrogen-bond donors (Lipinski definition) is 0. The van der Waals surface area contributed by atoms with Crippen molar-refractivity contribution in [2.75, 3.05) is 4.90 Å². The molecule has 12 aromatic carbocycles. The Morgan fingerprint density at radius 1 is 0.250 bits per heavy atom. The summed E-state index contributed by atoms with van der Waals surface area (Å²) >= 11 is 0. The largest absolute Gasteiger partial charge is 0.310 e. The van der Waals surface area contributed by atoms with E-state index >= 15 is 0 Å². The van der Waals surface area contributed by atoms with Gasteiger partial charge in [-0.1, -0.05) is 200 Å². The van der Waals surface area contributed by atoms with Gasteiger partial charge in [0.2, 0.25) is 0 Å². The molecule has 318 valence electrons. The van der Waals surface area contributed by atoms with Crippen molar-refractivity contribution in [2.45, 2.75) is 0 Å². The molecule has 0 fully saturated rings. The van der Waals surface area contributed by atoms with Crippen LogP contribution in [0, 0.1) is 0 Å². The molecule has 0 saturated carbocycles. The van der Waals surface area contributed by atoms with Crippen molar-refractivity contribution in [3.63, 3.8) is 0 Å². The highest BCUT2D eigenvalue weighted by Gasteiger charge is 2.20. The lowest BCUT2D eigenvalue weighted by Gasteiger charge is -2.29. The first-order valence-corrected chi connectivity index (χ1v) is 23.4. The number of aromatic nitrogens is 1. The van der Waals surface area contributed by atoms with Crippen molar-refractivity contribution in [2.24, 2.45) is 0 Å². The maximum absolute atomic E-state index is 2.44. The molecule has 0 aliphatic carbocycles. The molecule has 13 rings (SSSR count). The molecule has 68 heavy (non-hydrogen) atoms. The van der Waals surface area contributed by atoms with E-state index in [1.54, 1.807) is 0 Å². The SMILES string of the molecule is c1cc(-c2ccc(N(c3ccc(-c4cccc5ccccc45)cc3)c3cc(-c4ccc5ccccc5c4)ccc3-c3ccc4ccccc4c3)cc2)cc(-n2c3ccccc3c3ccccc32)c1. The van der Waals surface area contributed by atoms with Crippen LogP contribution < -0.4 is 4.90 Å². The maximum atomic E-state index is 2.44. The third-order valence-electron chi connectivity index (χ3n) is 13.8. The lowest BCUT2D eigenvalue weighted by Crippen LogP contribution is -2.11. The van der Waals surface area contributed by atoms with E-state index < -0.39 is 0 Å². The first-order chi connectivity index (χ1) is 33.7. The van der Waals surface area contributed by atoms with Gasteiger partial charge in [-0.15, -0.1) is 0 Å². The van der Waals surface area contributed by atoms with Gasteiger partial charge in [0.05, 0.1) is 16.7 Å². The Kier molecular flexibility index (Phi) is 9.54. The molecule has 0 unspecified atom stereocenters. The van der Waals surface area contributed by atoms with Gasteiger partial charge in [-0.3, -0.25) is 0 Å². The van der Waals surface area contributed by atoms with Crippen LogP contribution in [0.25, 0.3) is 104 Å². The van der Waals surface area contributed by atoms with Gasteiger partial charge in [0.25, 0.3) is 0 Å². The van der Waals surface area contributed by atoms with Crippen LogP contribution in [-0.4, -0.2) is 4.57 Å². The summed E-state index contributed by atoms with van der Waals surface area (Å²) in [6, 6.07) is 97.7. The fourth-order valence-electron chi connectivity index (χ4n) is 10.4. The summed E-state index contributed by atoms with van der Waals surface area (Å²) in [7, 11) is 0. The number of anilines is 3. The molecule has 1 heterocycles. The van der Waals surface area contributed by atoms with Crippen LogP contribution in [0.2, 0.25) is 0 Å². The molecule has 2 nitrogen and oxygen atoms in total. The molecule has 0 atom stereocenters. The van der Waals surface area contributed by atoms with Gasteiger partial charge in [-0.2, -0.15) is 0 Å². The first kappa shape index (κ1) is 39.4. The first-order valence-electron chi connectivity index (χ1n) is 23.4. The van der Waals surface area contributed by atoms with Gasteiger partial charge in [-0.25, -0.2) is 0 Å². The molecule has 0 aliphatic heterocycles. The lowest BCUT2D eigenvalue weighted by atomic mass is 9.94. The van der Waals surface area contributed by atoms with Gasteiger partial charge >= 0.3 is 0 Å². The van der Waals surface area contributed by atoms with E-state index in [0.717, 1.165) is 45.0 Å². The smallest absolute Gasteiger partial charge is 0.0546 e. The Hall–Kier alpha value is -8.98. The maximum Gasteiger partial charge on any atom is 0.0546 e. The number of fused-ring (bicyclic) bond motifs is 6. The molecule has 0 radical (unpaired) electrons. The summed E-state index contributed by atoms with van der Waals surface area (Å²) < 4.78 is 2.39. The molecule has 1 aromatic heterocycles. The van der Waals surface area contributed by atoms with Gasteiger partial charge in [-0.05, 0) is 138 Å². The van der Waals surface area contributed by atoms with Crippen LogP contribution in [0.1, 0.15) is 0 Å². The highest BCUT2D eigenvalue weighted by atomic mass is 15.1. The molecule has 0 N–H and O–H groups in total. The van der Waals surface area contributed by atoms with Gasteiger partial charge in [0, 0.05) is 33.4 Å². The Morgan fingerprint density at radius 2 is 0.721 bits per heavy atom. The summed E-state index contributed by atoms with van der Waals surface area (Å²) in [5.74, 6) is 0. The Labute approximate surface area is 395 Å². The molecular weight excluding hydrogens is 821 g/mol. The summed E-state index contributed by atoms with van der Waals surface area (Å²) in [6.45, 7) is 0. The minimum Gasteiger partial charge on any atom is -0.310 e. The van der Waals surface area contributed by atoms with E-state index in [0.29, 0.717) is 0 Å². The molecule has 0 bridgehead atoms. The molecule has 0 saturated heterocycles. The van der Waals surface area contributed by atoms with E-state index in [1.807, 2.05) is 0 Å². The summed E-state index contributed by atoms with van der Waals surface area (Å²) in [5.41, 5.74) is 16.2. The quantitative estimate of drug-likeness (QED) is 0.148. The molecule has 0 aliphatic rings. The Balaban J connectivity index is 0.977. The molecular formula is C66H44N2. The van der Waals surface area contributed by atoms with Crippen LogP contribution >= 0.6 is 0 Å². The van der Waals surface area contributed by atoms with Crippen molar-refractivity contribution >= 4 is 71.2 Å². The van der Waals surface area contributed by atoms with Crippen LogP contribution in [-0.2, 0) is 0 Å². The average molecular weight is 865 g/mol. The third kappa shape index (κ3) is 6.90. The second-order valence-corrected chi connectivity index (χ2v) is 17.7. The van der Waals surface area contributed by atoms with E-state index in [9.17, 15) is 0 Å². The number of rotatable bonds is 8. The van der Waals surface area contributed by atoms with Gasteiger partial charge in [0.15, 0.2) is 0 Å². The molecule has 2 heteroatoms. The molecule has 13 aromatic rings. The number of nitrogens with zero attached hydrogens (tertiary/aromatic N) is 2.